The minimum absolute atomic E-state index is 0.0734. The van der Waals surface area contributed by atoms with E-state index in [4.69, 9.17) is 9.26 Å². The van der Waals surface area contributed by atoms with Crippen LogP contribution >= 0.6 is 0 Å². The van der Waals surface area contributed by atoms with Gasteiger partial charge >= 0.3 is 0 Å². The Morgan fingerprint density at radius 1 is 1.42 bits per heavy atom. The van der Waals surface area contributed by atoms with Gasteiger partial charge in [0.15, 0.2) is 0 Å². The largest absolute Gasteiger partial charge is 0.508 e. The molecule has 1 atom stereocenters. The highest BCUT2D eigenvalue weighted by Gasteiger charge is 2.35. The summed E-state index contributed by atoms with van der Waals surface area (Å²) in [5.74, 6) is 1.83. The van der Waals surface area contributed by atoms with Gasteiger partial charge in [0.05, 0.1) is 0 Å². The van der Waals surface area contributed by atoms with Crippen LogP contribution in [-0.4, -0.2) is 22.4 Å². The van der Waals surface area contributed by atoms with Gasteiger partial charge in [-0.3, -0.25) is 0 Å². The molecule has 2 aromatic rings. The molecule has 1 aliphatic carbocycles. The Bertz CT molecular complexity index is 590. The topological polar surface area (TPSA) is 68.4 Å². The zero-order valence-electron chi connectivity index (χ0n) is 11.0. The molecule has 0 amide bonds. The number of hydrogen-bond acceptors (Lipinski definition) is 5. The van der Waals surface area contributed by atoms with Crippen molar-refractivity contribution in [2.24, 2.45) is 5.92 Å². The summed E-state index contributed by atoms with van der Waals surface area (Å²) in [5.41, 5.74) is 1.59. The van der Waals surface area contributed by atoms with Gasteiger partial charge in [-0.2, -0.15) is 4.98 Å². The number of aromatic hydroxyl groups is 1. The van der Waals surface area contributed by atoms with Gasteiger partial charge in [-0.25, -0.2) is 0 Å². The monoisotopic (exact) mass is 260 g/mol. The van der Waals surface area contributed by atoms with E-state index in [1.54, 1.807) is 19.2 Å². The molecule has 5 heteroatoms. The van der Waals surface area contributed by atoms with Gasteiger partial charge in [-0.1, -0.05) is 5.16 Å². The third-order valence-electron chi connectivity index (χ3n) is 3.44. The Morgan fingerprint density at radius 3 is 2.84 bits per heavy atom. The van der Waals surface area contributed by atoms with E-state index in [2.05, 4.69) is 10.1 Å². The molecule has 3 rings (SSSR count). The Hall–Kier alpha value is -1.88. The first-order valence-electron chi connectivity index (χ1n) is 6.35. The van der Waals surface area contributed by atoms with Crippen LogP contribution in [0.25, 0.3) is 11.5 Å². The lowest BCUT2D eigenvalue weighted by Crippen LogP contribution is -2.05. The van der Waals surface area contributed by atoms with Gasteiger partial charge < -0.3 is 14.4 Å². The third kappa shape index (κ3) is 2.33. The zero-order chi connectivity index (χ0) is 13.4. The van der Waals surface area contributed by atoms with E-state index in [0.717, 1.165) is 24.0 Å². The molecule has 0 bridgehead atoms. The number of phenols is 1. The summed E-state index contributed by atoms with van der Waals surface area (Å²) in [4.78, 5) is 4.40. The molecule has 1 aromatic heterocycles. The van der Waals surface area contributed by atoms with Crippen molar-refractivity contribution in [1.29, 1.82) is 0 Å². The van der Waals surface area contributed by atoms with Crippen molar-refractivity contribution in [1.82, 2.24) is 10.1 Å². The molecule has 19 heavy (non-hydrogen) atoms. The van der Waals surface area contributed by atoms with Crippen LogP contribution in [-0.2, 0) is 4.74 Å². The summed E-state index contributed by atoms with van der Waals surface area (Å²) in [6.07, 6.45) is 2.23. The number of aryl methyl sites for hydroxylation is 1. The predicted octanol–water partition coefficient (Wildman–Crippen LogP) is 2.85. The first-order chi connectivity index (χ1) is 9.19. The van der Waals surface area contributed by atoms with Gasteiger partial charge in [0.1, 0.15) is 11.9 Å². The van der Waals surface area contributed by atoms with Crippen LogP contribution in [0.4, 0.5) is 0 Å². The molecule has 1 aliphatic rings. The van der Waals surface area contributed by atoms with Crippen molar-refractivity contribution >= 4 is 0 Å². The second-order valence-electron chi connectivity index (χ2n) is 4.95. The predicted molar refractivity (Wildman–Crippen MR) is 68.6 cm³/mol. The van der Waals surface area contributed by atoms with Crippen LogP contribution in [0.2, 0.25) is 0 Å². The van der Waals surface area contributed by atoms with Crippen molar-refractivity contribution in [3.8, 4) is 17.2 Å². The molecule has 100 valence electrons. The van der Waals surface area contributed by atoms with Crippen LogP contribution in [0.5, 0.6) is 5.75 Å². The van der Waals surface area contributed by atoms with E-state index in [9.17, 15) is 5.11 Å². The molecule has 1 saturated carbocycles. The second kappa shape index (κ2) is 4.66. The van der Waals surface area contributed by atoms with Crippen LogP contribution < -0.4 is 0 Å². The normalized spacial score (nSPS) is 16.5. The Labute approximate surface area is 111 Å². The highest BCUT2D eigenvalue weighted by Crippen LogP contribution is 2.42. The molecule has 0 saturated heterocycles. The molecule has 1 N–H and O–H groups in total. The van der Waals surface area contributed by atoms with Crippen molar-refractivity contribution in [2.75, 3.05) is 7.11 Å². The van der Waals surface area contributed by atoms with Crippen molar-refractivity contribution in [3.63, 3.8) is 0 Å². The van der Waals surface area contributed by atoms with Crippen LogP contribution in [0.15, 0.2) is 22.7 Å². The summed E-state index contributed by atoms with van der Waals surface area (Å²) >= 11 is 0. The number of ether oxygens (including phenoxy) is 1. The molecule has 1 fully saturated rings. The van der Waals surface area contributed by atoms with E-state index in [1.165, 1.54) is 0 Å². The third-order valence-corrected chi connectivity index (χ3v) is 3.44. The minimum Gasteiger partial charge on any atom is -0.508 e. The summed E-state index contributed by atoms with van der Waals surface area (Å²) in [6.45, 7) is 1.83. The van der Waals surface area contributed by atoms with Crippen molar-refractivity contribution < 1.29 is 14.4 Å². The van der Waals surface area contributed by atoms with Gasteiger partial charge in [0, 0.05) is 12.7 Å². The average molecular weight is 260 g/mol. The SMILES string of the molecule is COC(c1noc(-c2ccc(O)c(C)c2)n1)C1CC1. The first-order valence-corrected chi connectivity index (χ1v) is 6.35. The molecular formula is C14H16N2O3. The molecule has 1 heterocycles. The number of benzene rings is 1. The molecule has 0 spiro atoms. The van der Waals surface area contributed by atoms with Gasteiger partial charge in [-0.15, -0.1) is 0 Å². The number of phenolic OH excluding ortho intramolecular Hbond substituents is 1. The zero-order valence-corrected chi connectivity index (χ0v) is 11.0. The summed E-state index contributed by atoms with van der Waals surface area (Å²) in [5, 5.41) is 13.5. The minimum atomic E-state index is -0.0734. The van der Waals surface area contributed by atoms with Gasteiger partial charge in [-0.05, 0) is 49.4 Å². The fraction of sp³-hybridized carbons (Fsp3) is 0.429. The van der Waals surface area contributed by atoms with Crippen LogP contribution in [0.3, 0.4) is 0 Å². The lowest BCUT2D eigenvalue weighted by Gasteiger charge is -2.08. The molecule has 0 aliphatic heterocycles. The summed E-state index contributed by atoms with van der Waals surface area (Å²) in [6, 6.07) is 5.22. The maximum absolute atomic E-state index is 9.52. The maximum Gasteiger partial charge on any atom is 0.258 e. The van der Waals surface area contributed by atoms with Crippen LogP contribution in [0.1, 0.15) is 30.3 Å². The molecule has 1 aromatic carbocycles. The van der Waals surface area contributed by atoms with E-state index < -0.39 is 0 Å². The first kappa shape index (κ1) is 12.2. The average Bonchev–Trinajstić information content (AvgIpc) is 3.11. The number of rotatable bonds is 4. The standard InChI is InChI=1S/C14H16N2O3/c1-8-7-10(5-6-11(8)17)14-15-13(16-19-14)12(18-2)9-3-4-9/h5-7,9,12,17H,3-4H2,1-2H3. The van der Waals surface area contributed by atoms with Crippen LogP contribution in [0, 0.1) is 12.8 Å². The van der Waals surface area contributed by atoms with Crippen molar-refractivity contribution in [2.45, 2.75) is 25.9 Å². The second-order valence-corrected chi connectivity index (χ2v) is 4.95. The Morgan fingerprint density at radius 2 is 2.21 bits per heavy atom. The van der Waals surface area contributed by atoms with Crippen molar-refractivity contribution in [3.05, 3.63) is 29.6 Å². The lowest BCUT2D eigenvalue weighted by atomic mass is 10.1. The Balaban J connectivity index is 1.89. The summed E-state index contributed by atoms with van der Waals surface area (Å²) in [7, 11) is 1.67. The van der Waals surface area contributed by atoms with Gasteiger partial charge in [0.25, 0.3) is 5.89 Å². The molecule has 1 unspecified atom stereocenters. The number of nitrogens with zero attached hydrogens (tertiary/aromatic N) is 2. The fourth-order valence-corrected chi connectivity index (χ4v) is 2.16. The smallest absolute Gasteiger partial charge is 0.258 e. The summed E-state index contributed by atoms with van der Waals surface area (Å²) < 4.78 is 10.7. The number of methoxy groups -OCH3 is 1. The highest BCUT2D eigenvalue weighted by atomic mass is 16.5. The lowest BCUT2D eigenvalue weighted by molar-refractivity contribution is 0.0751. The maximum atomic E-state index is 9.52. The highest BCUT2D eigenvalue weighted by molar-refractivity contribution is 5.56. The van der Waals surface area contributed by atoms with E-state index in [-0.39, 0.29) is 11.9 Å². The quantitative estimate of drug-likeness (QED) is 0.915. The van der Waals surface area contributed by atoms with Gasteiger partial charge in [0.2, 0.25) is 5.82 Å². The molecular weight excluding hydrogens is 244 g/mol. The number of hydrogen-bond donors (Lipinski definition) is 1. The molecule has 5 nitrogen and oxygen atoms in total. The van der Waals surface area contributed by atoms with E-state index >= 15 is 0 Å². The van der Waals surface area contributed by atoms with E-state index in [1.807, 2.05) is 13.0 Å². The molecule has 0 radical (unpaired) electrons. The fourth-order valence-electron chi connectivity index (χ4n) is 2.16. The number of aromatic nitrogens is 2. The Kier molecular flexibility index (Phi) is 2.98. The van der Waals surface area contributed by atoms with E-state index in [0.29, 0.717) is 17.6 Å².